The van der Waals surface area contributed by atoms with Crippen molar-refractivity contribution >= 4 is 33.9 Å². The molecule has 0 radical (unpaired) electrons. The van der Waals surface area contributed by atoms with Gasteiger partial charge in [0, 0.05) is 16.7 Å². The number of carbonyl (C=O) groups excluding carboxylic acids is 2. The molecule has 0 spiro atoms. The molecule has 2 aliphatic rings. The molecule has 0 bridgehead atoms. The maximum Gasteiger partial charge on any atom is 0.340 e. The zero-order valence-corrected chi connectivity index (χ0v) is 17.3. The smallest absolute Gasteiger partial charge is 0.340 e. The van der Waals surface area contributed by atoms with E-state index < -0.39 is 5.97 Å². The summed E-state index contributed by atoms with van der Waals surface area (Å²) in [6, 6.07) is 7.65. The molecule has 3 rings (SSSR count). The van der Waals surface area contributed by atoms with E-state index in [1.54, 1.807) is 11.0 Å². The molecule has 1 aliphatic carbocycles. The molecule has 0 unspecified atom stereocenters. The van der Waals surface area contributed by atoms with Gasteiger partial charge in [0.05, 0.1) is 18.3 Å². The Hall–Kier alpha value is -2.14. The standard InChI is InChI=1S/C22H24BrNO3/c1-15-20(22(26)27-2)19(14-17-9-6-10-18(23)13-17)21(25)24(15)12-11-16-7-4-3-5-8-16/h6-7,9-10,13-14H,3-5,8,11-12H2,1-2H3. The normalized spacial score (nSPS) is 18.9. The van der Waals surface area contributed by atoms with Crippen molar-refractivity contribution in [1.82, 2.24) is 4.90 Å². The summed E-state index contributed by atoms with van der Waals surface area (Å²) in [6.45, 7) is 2.41. The Morgan fingerprint density at radius 2 is 2.15 bits per heavy atom. The highest BCUT2D eigenvalue weighted by Crippen LogP contribution is 2.33. The molecule has 1 aromatic carbocycles. The molecular formula is C22H24BrNO3. The van der Waals surface area contributed by atoms with Gasteiger partial charge >= 0.3 is 5.97 Å². The molecule has 27 heavy (non-hydrogen) atoms. The van der Waals surface area contributed by atoms with Gasteiger partial charge in [-0.25, -0.2) is 4.79 Å². The molecule has 0 fully saturated rings. The molecule has 1 aliphatic heterocycles. The van der Waals surface area contributed by atoms with Crippen molar-refractivity contribution in [2.75, 3.05) is 13.7 Å². The number of halogens is 1. The molecule has 4 nitrogen and oxygen atoms in total. The maximum atomic E-state index is 13.1. The van der Waals surface area contributed by atoms with Gasteiger partial charge < -0.3 is 9.64 Å². The zero-order valence-electron chi connectivity index (χ0n) is 15.8. The molecule has 1 amide bonds. The number of benzene rings is 1. The first-order valence-corrected chi connectivity index (χ1v) is 10.1. The van der Waals surface area contributed by atoms with Crippen LogP contribution in [0.3, 0.4) is 0 Å². The van der Waals surface area contributed by atoms with Crippen molar-refractivity contribution in [2.24, 2.45) is 0 Å². The van der Waals surface area contributed by atoms with Crippen LogP contribution in [0.1, 0.15) is 44.6 Å². The molecule has 1 aromatic rings. The van der Waals surface area contributed by atoms with Crippen molar-refractivity contribution in [3.63, 3.8) is 0 Å². The molecule has 0 N–H and O–H groups in total. The van der Waals surface area contributed by atoms with Gasteiger partial charge in [0.15, 0.2) is 0 Å². The van der Waals surface area contributed by atoms with Gasteiger partial charge in [-0.1, -0.05) is 39.7 Å². The van der Waals surface area contributed by atoms with Crippen molar-refractivity contribution in [3.05, 3.63) is 62.8 Å². The molecular weight excluding hydrogens is 406 g/mol. The summed E-state index contributed by atoms with van der Waals surface area (Å²) in [5.74, 6) is -0.606. The fraction of sp³-hybridized carbons (Fsp3) is 0.364. The third kappa shape index (κ3) is 4.41. The van der Waals surface area contributed by atoms with Crippen LogP contribution in [0.25, 0.3) is 6.08 Å². The number of hydrogen-bond donors (Lipinski definition) is 0. The van der Waals surface area contributed by atoms with Crippen molar-refractivity contribution < 1.29 is 14.3 Å². The third-order valence-electron chi connectivity index (χ3n) is 5.10. The molecule has 142 valence electrons. The minimum absolute atomic E-state index is 0.135. The van der Waals surface area contributed by atoms with Crippen molar-refractivity contribution in [1.29, 1.82) is 0 Å². The highest BCUT2D eigenvalue weighted by atomic mass is 79.9. The van der Waals surface area contributed by atoms with Gasteiger partial charge in [-0.15, -0.1) is 0 Å². The van der Waals surface area contributed by atoms with Crippen LogP contribution in [0.5, 0.6) is 0 Å². The molecule has 1 heterocycles. The highest BCUT2D eigenvalue weighted by molar-refractivity contribution is 9.10. The number of nitrogens with zero attached hydrogens (tertiary/aromatic N) is 1. The van der Waals surface area contributed by atoms with E-state index in [-0.39, 0.29) is 5.91 Å². The lowest BCUT2D eigenvalue weighted by atomic mass is 9.97. The van der Waals surface area contributed by atoms with Gasteiger partial charge in [0.2, 0.25) is 0 Å². The maximum absolute atomic E-state index is 13.1. The van der Waals surface area contributed by atoms with Crippen LogP contribution >= 0.6 is 15.9 Å². The molecule has 0 atom stereocenters. The molecule has 5 heteroatoms. The summed E-state index contributed by atoms with van der Waals surface area (Å²) in [5, 5.41) is 0. The van der Waals surface area contributed by atoms with Crippen LogP contribution in [0.4, 0.5) is 0 Å². The van der Waals surface area contributed by atoms with E-state index in [1.165, 1.54) is 25.5 Å². The Kier molecular flexibility index (Phi) is 6.32. The van der Waals surface area contributed by atoms with E-state index in [0.717, 1.165) is 29.3 Å². The molecule has 0 aromatic heterocycles. The monoisotopic (exact) mass is 429 g/mol. The van der Waals surface area contributed by atoms with E-state index >= 15 is 0 Å². The first-order chi connectivity index (χ1) is 13.0. The number of hydrogen-bond acceptors (Lipinski definition) is 3. The average Bonchev–Trinajstić information content (AvgIpc) is 2.90. The Labute approximate surface area is 168 Å². The Bertz CT molecular complexity index is 851. The number of ether oxygens (including phenoxy) is 1. The summed E-state index contributed by atoms with van der Waals surface area (Å²) in [7, 11) is 1.35. The summed E-state index contributed by atoms with van der Waals surface area (Å²) >= 11 is 3.44. The minimum Gasteiger partial charge on any atom is -0.465 e. The van der Waals surface area contributed by atoms with Gasteiger partial charge in [-0.05, 0) is 62.8 Å². The van der Waals surface area contributed by atoms with E-state index in [9.17, 15) is 9.59 Å². The van der Waals surface area contributed by atoms with Crippen LogP contribution in [0.2, 0.25) is 0 Å². The van der Waals surface area contributed by atoms with Gasteiger partial charge in [0.25, 0.3) is 5.91 Å². The Morgan fingerprint density at radius 3 is 2.81 bits per heavy atom. The lowest BCUT2D eigenvalue weighted by Crippen LogP contribution is -2.26. The first kappa shape index (κ1) is 19.6. The van der Waals surface area contributed by atoms with Gasteiger partial charge in [-0.2, -0.15) is 0 Å². The Morgan fingerprint density at radius 1 is 1.33 bits per heavy atom. The van der Waals surface area contributed by atoms with Crippen LogP contribution in [0, 0.1) is 0 Å². The van der Waals surface area contributed by atoms with Crippen LogP contribution in [0.15, 0.2) is 57.2 Å². The summed E-state index contributed by atoms with van der Waals surface area (Å²) in [6.07, 6.45) is 9.61. The second-order valence-corrected chi connectivity index (χ2v) is 7.80. The van der Waals surface area contributed by atoms with Gasteiger partial charge in [-0.3, -0.25) is 4.79 Å². The highest BCUT2D eigenvalue weighted by Gasteiger charge is 2.36. The minimum atomic E-state index is -0.471. The van der Waals surface area contributed by atoms with Crippen LogP contribution in [-0.4, -0.2) is 30.4 Å². The van der Waals surface area contributed by atoms with E-state index in [2.05, 4.69) is 22.0 Å². The number of rotatable bonds is 5. The molecule has 0 saturated carbocycles. The lowest BCUT2D eigenvalue weighted by molar-refractivity contribution is -0.136. The van der Waals surface area contributed by atoms with E-state index in [0.29, 0.717) is 23.4 Å². The largest absolute Gasteiger partial charge is 0.465 e. The van der Waals surface area contributed by atoms with Crippen LogP contribution in [-0.2, 0) is 14.3 Å². The fourth-order valence-electron chi connectivity index (χ4n) is 3.65. The van der Waals surface area contributed by atoms with Gasteiger partial charge in [0.1, 0.15) is 0 Å². The van der Waals surface area contributed by atoms with E-state index in [4.69, 9.17) is 4.74 Å². The first-order valence-electron chi connectivity index (χ1n) is 9.28. The van der Waals surface area contributed by atoms with Crippen LogP contribution < -0.4 is 0 Å². The van der Waals surface area contributed by atoms with E-state index in [1.807, 2.05) is 31.2 Å². The van der Waals surface area contributed by atoms with Crippen molar-refractivity contribution in [2.45, 2.75) is 39.0 Å². The lowest BCUT2D eigenvalue weighted by Gasteiger charge is -2.20. The predicted octanol–water partition coefficient (Wildman–Crippen LogP) is 5.01. The van der Waals surface area contributed by atoms with Crippen molar-refractivity contribution in [3.8, 4) is 0 Å². The zero-order chi connectivity index (χ0) is 19.4. The summed E-state index contributed by atoms with van der Waals surface area (Å²) < 4.78 is 5.87. The second-order valence-electron chi connectivity index (χ2n) is 6.88. The quantitative estimate of drug-likeness (QED) is 0.375. The fourth-order valence-corrected chi connectivity index (χ4v) is 4.06. The number of esters is 1. The summed E-state index contributed by atoms with van der Waals surface area (Å²) in [5.41, 5.74) is 3.70. The molecule has 0 saturated heterocycles. The Balaban J connectivity index is 1.90. The average molecular weight is 430 g/mol. The predicted molar refractivity (Wildman–Crippen MR) is 110 cm³/mol. The number of carbonyl (C=O) groups is 2. The second kappa shape index (κ2) is 8.70. The topological polar surface area (TPSA) is 46.6 Å². The summed E-state index contributed by atoms with van der Waals surface area (Å²) in [4.78, 5) is 27.2. The third-order valence-corrected chi connectivity index (χ3v) is 5.60. The number of allylic oxidation sites excluding steroid dienone is 2. The SMILES string of the molecule is COC(=O)C1=C(C)N(CCC2=CCCCC2)C(=O)C1=Cc1cccc(Br)c1. The number of methoxy groups -OCH3 is 1. The number of amides is 1.